The van der Waals surface area contributed by atoms with Crippen LogP contribution in [0.5, 0.6) is 0 Å². The number of thiol groups is 2. The fourth-order valence-corrected chi connectivity index (χ4v) is 4.06. The Kier molecular flexibility index (Phi) is 13.4. The Morgan fingerprint density at radius 1 is 0.923 bits per heavy atom. The van der Waals surface area contributed by atoms with Crippen molar-refractivity contribution in [2.45, 2.75) is 11.5 Å². The summed E-state index contributed by atoms with van der Waals surface area (Å²) in [6.45, 7) is 2.21. The predicted molar refractivity (Wildman–Crippen MR) is 79.4 cm³/mol. The number of hydrogen-bond donors (Lipinski definition) is 2. The van der Waals surface area contributed by atoms with E-state index in [2.05, 4.69) is 43.9 Å². The van der Waals surface area contributed by atoms with E-state index >= 15 is 0 Å². The minimum atomic E-state index is 0.241. The lowest BCUT2D eigenvalue weighted by Gasteiger charge is -2.03. The summed E-state index contributed by atoms with van der Waals surface area (Å²) in [4.78, 5) is 0. The molecule has 0 heterocycles. The third-order valence-corrected chi connectivity index (χ3v) is 5.54. The first-order valence-corrected chi connectivity index (χ1v) is 8.86. The molecule has 0 N–H and O–H groups in total. The van der Waals surface area contributed by atoms with E-state index in [0.717, 1.165) is 5.75 Å². The third kappa shape index (κ3) is 13.8. The molecule has 0 aromatic heterocycles. The molecule has 0 saturated heterocycles. The van der Waals surface area contributed by atoms with Crippen molar-refractivity contribution >= 4 is 60.5 Å². The Hall–Kier alpha value is 1.75. The van der Waals surface area contributed by atoms with Crippen LogP contribution < -0.4 is 0 Å². The highest BCUT2D eigenvalue weighted by Crippen LogP contribution is 2.13. The van der Waals surface area contributed by atoms with Crippen LogP contribution in [0.2, 0.25) is 0 Å². The van der Waals surface area contributed by atoms with E-state index in [4.69, 9.17) is 0 Å². The monoisotopic (exact) mass is 274 g/mol. The molecule has 0 amide bonds. The highest BCUT2D eigenvalue weighted by Gasteiger charge is 1.95. The molecule has 0 aliphatic rings. The summed E-state index contributed by atoms with van der Waals surface area (Å²) in [5, 5.41) is 0. The third-order valence-electron chi connectivity index (χ3n) is 1.22. The van der Waals surface area contributed by atoms with E-state index in [-0.39, 0.29) is 4.58 Å². The highest BCUT2D eigenvalue weighted by molar-refractivity contribution is 8.06. The van der Waals surface area contributed by atoms with Crippen LogP contribution in [0.3, 0.4) is 0 Å². The summed E-state index contributed by atoms with van der Waals surface area (Å²) in [5.41, 5.74) is 0. The zero-order chi connectivity index (χ0) is 9.94. The van der Waals surface area contributed by atoms with Gasteiger partial charge < -0.3 is 0 Å². The first-order valence-electron chi connectivity index (χ1n) is 4.36. The Morgan fingerprint density at radius 3 is 2.00 bits per heavy atom. The summed E-state index contributed by atoms with van der Waals surface area (Å²) < 4.78 is 0.241. The van der Waals surface area contributed by atoms with Crippen molar-refractivity contribution in [2.24, 2.45) is 0 Å². The molecule has 13 heavy (non-hydrogen) atoms. The lowest BCUT2D eigenvalue weighted by atomic mass is 10.9. The van der Waals surface area contributed by atoms with Crippen LogP contribution in [0.4, 0.5) is 0 Å². The van der Waals surface area contributed by atoms with Gasteiger partial charge in [0.2, 0.25) is 0 Å². The second-order valence-corrected chi connectivity index (χ2v) is 7.79. The molecule has 0 aliphatic carbocycles. The molecule has 0 bridgehead atoms. The van der Waals surface area contributed by atoms with Crippen LogP contribution >= 0.6 is 60.5 Å². The van der Waals surface area contributed by atoms with Crippen LogP contribution in [-0.4, -0.2) is 39.1 Å². The fourth-order valence-electron chi connectivity index (χ4n) is 0.671. The molecule has 0 aromatic carbocycles. The largest absolute Gasteiger partial charge is 0.164 e. The summed E-state index contributed by atoms with van der Waals surface area (Å²) in [6, 6.07) is 0. The van der Waals surface area contributed by atoms with E-state index in [1.165, 1.54) is 28.8 Å². The Balaban J connectivity index is 2.84. The summed E-state index contributed by atoms with van der Waals surface area (Å²) in [6.07, 6.45) is 0. The quantitative estimate of drug-likeness (QED) is 0.376. The molecule has 0 nitrogen and oxygen atoms in total. The molecule has 0 aliphatic heterocycles. The second-order valence-electron chi connectivity index (χ2n) is 2.36. The first-order chi connectivity index (χ1) is 6.27. The molecule has 0 rings (SSSR count). The minimum Gasteiger partial charge on any atom is -0.164 e. The van der Waals surface area contributed by atoms with Gasteiger partial charge in [-0.25, -0.2) is 0 Å². The first kappa shape index (κ1) is 14.8. The smallest absolute Gasteiger partial charge is 0.0532 e. The van der Waals surface area contributed by atoms with Crippen LogP contribution in [0.15, 0.2) is 0 Å². The molecule has 0 saturated carbocycles. The van der Waals surface area contributed by atoms with Gasteiger partial charge in [-0.2, -0.15) is 60.5 Å². The Morgan fingerprint density at radius 2 is 1.46 bits per heavy atom. The van der Waals surface area contributed by atoms with Gasteiger partial charge in [0.25, 0.3) is 0 Å². The number of hydrogen-bond acceptors (Lipinski definition) is 5. The van der Waals surface area contributed by atoms with E-state index in [1.807, 2.05) is 23.5 Å². The lowest BCUT2D eigenvalue weighted by molar-refractivity contribution is 1.43. The van der Waals surface area contributed by atoms with Crippen molar-refractivity contribution in [1.29, 1.82) is 0 Å². The van der Waals surface area contributed by atoms with Crippen LogP contribution in [0.25, 0.3) is 0 Å². The van der Waals surface area contributed by atoms with Crippen LogP contribution in [-0.2, 0) is 0 Å². The molecule has 5 heteroatoms. The van der Waals surface area contributed by atoms with Gasteiger partial charge in [0, 0.05) is 28.8 Å². The van der Waals surface area contributed by atoms with Crippen molar-refractivity contribution in [3.63, 3.8) is 0 Å². The van der Waals surface area contributed by atoms with Gasteiger partial charge in [-0.3, -0.25) is 0 Å². The maximum absolute atomic E-state index is 4.20. The number of rotatable bonds is 9. The van der Waals surface area contributed by atoms with Crippen molar-refractivity contribution < 1.29 is 0 Å². The summed E-state index contributed by atoms with van der Waals surface area (Å²) >= 11 is 14.4. The SMILES string of the molecule is CCSCCSCCSCC(S)S. The van der Waals surface area contributed by atoms with Gasteiger partial charge in [0.05, 0.1) is 4.58 Å². The van der Waals surface area contributed by atoms with Crippen LogP contribution in [0.1, 0.15) is 6.92 Å². The molecule has 80 valence electrons. The maximum atomic E-state index is 4.20. The Bertz CT molecular complexity index is 96.5. The predicted octanol–water partition coefficient (Wildman–Crippen LogP) is 3.39. The van der Waals surface area contributed by atoms with E-state index in [0.29, 0.717) is 0 Å². The van der Waals surface area contributed by atoms with Crippen molar-refractivity contribution in [3.8, 4) is 0 Å². The maximum Gasteiger partial charge on any atom is 0.0532 e. The molecular formula is C8H18S5. The molecule has 0 radical (unpaired) electrons. The van der Waals surface area contributed by atoms with E-state index in [1.54, 1.807) is 0 Å². The van der Waals surface area contributed by atoms with E-state index < -0.39 is 0 Å². The molecular weight excluding hydrogens is 256 g/mol. The van der Waals surface area contributed by atoms with Crippen molar-refractivity contribution in [1.82, 2.24) is 0 Å². The Labute approximate surface area is 106 Å². The van der Waals surface area contributed by atoms with Crippen LogP contribution in [0, 0.1) is 0 Å². The zero-order valence-electron chi connectivity index (χ0n) is 7.94. The molecule has 0 fully saturated rings. The molecule has 0 unspecified atom stereocenters. The number of thioether (sulfide) groups is 3. The lowest BCUT2D eigenvalue weighted by Crippen LogP contribution is -1.95. The van der Waals surface area contributed by atoms with Gasteiger partial charge in [0.1, 0.15) is 0 Å². The minimum absolute atomic E-state index is 0.241. The zero-order valence-corrected chi connectivity index (χ0v) is 12.2. The highest BCUT2D eigenvalue weighted by atomic mass is 32.2. The van der Waals surface area contributed by atoms with E-state index in [9.17, 15) is 0 Å². The molecule has 0 aromatic rings. The second kappa shape index (κ2) is 11.8. The summed E-state index contributed by atoms with van der Waals surface area (Å²) in [5.74, 6) is 7.40. The average molecular weight is 275 g/mol. The van der Waals surface area contributed by atoms with Crippen molar-refractivity contribution in [2.75, 3.05) is 34.5 Å². The topological polar surface area (TPSA) is 0 Å². The van der Waals surface area contributed by atoms with Gasteiger partial charge in [-0.1, -0.05) is 6.92 Å². The summed E-state index contributed by atoms with van der Waals surface area (Å²) in [7, 11) is 0. The molecule has 0 atom stereocenters. The van der Waals surface area contributed by atoms with Gasteiger partial charge in [-0.05, 0) is 5.75 Å². The van der Waals surface area contributed by atoms with Crippen molar-refractivity contribution in [3.05, 3.63) is 0 Å². The van der Waals surface area contributed by atoms with Gasteiger partial charge in [0.15, 0.2) is 0 Å². The standard InChI is InChI=1S/C8H18S5/c1-2-11-3-4-12-5-6-13-7-8(9)10/h8-10H,2-7H2,1H3. The fraction of sp³-hybridized carbons (Fsp3) is 1.00. The van der Waals surface area contributed by atoms with Gasteiger partial charge in [-0.15, -0.1) is 0 Å². The average Bonchev–Trinajstić information content (AvgIpc) is 2.09. The van der Waals surface area contributed by atoms with Gasteiger partial charge >= 0.3 is 0 Å². The normalized spacial score (nSPS) is 11.1. The molecule has 0 spiro atoms.